The number of unbranched alkanes of at least 4 members (excludes halogenated alkanes) is 1. The Labute approximate surface area is 237 Å². The fraction of sp³-hybridized carbons (Fsp3) is 0.750. The average molecular weight is 547 g/mol. The number of hydrogen-bond donors (Lipinski definition) is 1. The third kappa shape index (κ3) is 10.1. The van der Waals surface area contributed by atoms with Crippen molar-refractivity contribution in [1.29, 1.82) is 0 Å². The summed E-state index contributed by atoms with van der Waals surface area (Å²) in [5.41, 5.74) is -0.848. The van der Waals surface area contributed by atoms with E-state index < -0.39 is 22.8 Å². The highest BCUT2D eigenvalue weighted by Gasteiger charge is 2.52. The van der Waals surface area contributed by atoms with Crippen LogP contribution in [0.15, 0.2) is 30.3 Å². The monoisotopic (exact) mass is 546 g/mol. The number of nitrogens with zero attached hydrogens (tertiary/aromatic N) is 1. The first-order chi connectivity index (χ1) is 18.1. The summed E-state index contributed by atoms with van der Waals surface area (Å²) in [6, 6.07) is 9.86. The van der Waals surface area contributed by atoms with Crippen LogP contribution < -0.4 is 5.32 Å². The second-order valence-electron chi connectivity index (χ2n) is 13.5. The van der Waals surface area contributed by atoms with Crippen molar-refractivity contribution >= 4 is 12.0 Å². The van der Waals surface area contributed by atoms with Crippen LogP contribution in [0.2, 0.25) is 0 Å². The first kappa shape index (κ1) is 33.1. The van der Waals surface area contributed by atoms with E-state index >= 15 is 0 Å². The number of amides is 2. The van der Waals surface area contributed by atoms with Gasteiger partial charge in [-0.15, -0.1) is 0 Å². The van der Waals surface area contributed by atoms with Crippen LogP contribution in [0.1, 0.15) is 100 Å². The zero-order chi connectivity index (χ0) is 29.4. The van der Waals surface area contributed by atoms with E-state index in [1.165, 1.54) is 0 Å². The van der Waals surface area contributed by atoms with Crippen LogP contribution in [0, 0.1) is 17.3 Å². The Kier molecular flexibility index (Phi) is 11.9. The van der Waals surface area contributed by atoms with Crippen molar-refractivity contribution < 1.29 is 23.8 Å². The summed E-state index contributed by atoms with van der Waals surface area (Å²) in [6.07, 6.45) is 2.78. The van der Waals surface area contributed by atoms with Gasteiger partial charge in [-0.1, -0.05) is 77.8 Å². The summed E-state index contributed by atoms with van der Waals surface area (Å²) in [6.45, 7) is 21.3. The summed E-state index contributed by atoms with van der Waals surface area (Å²) in [5, 5.41) is 3.14. The molecule has 3 atom stereocenters. The Balaban J connectivity index is 2.24. The van der Waals surface area contributed by atoms with Crippen LogP contribution in [0.5, 0.6) is 0 Å². The van der Waals surface area contributed by atoms with Crippen molar-refractivity contribution in [3.05, 3.63) is 35.9 Å². The largest absolute Gasteiger partial charge is 0.444 e. The van der Waals surface area contributed by atoms with Crippen LogP contribution >= 0.6 is 0 Å². The normalized spacial score (nSPS) is 20.2. The molecule has 1 aliphatic heterocycles. The molecule has 0 bridgehead atoms. The van der Waals surface area contributed by atoms with Gasteiger partial charge >= 0.3 is 6.09 Å². The first-order valence-corrected chi connectivity index (χ1v) is 14.7. The average Bonchev–Trinajstić information content (AvgIpc) is 3.09. The number of carbonyl (C=O) groups excluding carboxylic acids is 2. The Hall–Kier alpha value is -2.12. The molecule has 7 nitrogen and oxygen atoms in total. The number of ether oxygens (including phenoxy) is 3. The molecule has 222 valence electrons. The molecule has 2 amide bonds. The fourth-order valence-corrected chi connectivity index (χ4v) is 5.08. The zero-order valence-electron chi connectivity index (χ0n) is 26.1. The molecule has 7 heteroatoms. The third-order valence-electron chi connectivity index (χ3n) is 7.54. The number of rotatable bonds is 13. The summed E-state index contributed by atoms with van der Waals surface area (Å²) in [4.78, 5) is 28.4. The highest BCUT2D eigenvalue weighted by molar-refractivity contribution is 5.81. The molecule has 0 saturated carbocycles. The van der Waals surface area contributed by atoms with Gasteiger partial charge in [0.15, 0.2) is 0 Å². The lowest BCUT2D eigenvalue weighted by atomic mass is 9.85. The van der Waals surface area contributed by atoms with Crippen molar-refractivity contribution in [2.24, 2.45) is 17.3 Å². The summed E-state index contributed by atoms with van der Waals surface area (Å²) >= 11 is 0. The lowest BCUT2D eigenvalue weighted by Gasteiger charge is -2.37. The van der Waals surface area contributed by atoms with Gasteiger partial charge in [-0.3, -0.25) is 9.69 Å². The van der Waals surface area contributed by atoms with E-state index in [9.17, 15) is 9.59 Å². The number of hydrogen-bond acceptors (Lipinski definition) is 5. The minimum absolute atomic E-state index is 0.0124. The lowest BCUT2D eigenvalue weighted by molar-refractivity contribution is -0.131. The highest BCUT2D eigenvalue weighted by atomic mass is 16.6. The predicted octanol–water partition coefficient (Wildman–Crippen LogP) is 6.94. The zero-order valence-corrected chi connectivity index (χ0v) is 26.1. The minimum atomic E-state index is -0.882. The van der Waals surface area contributed by atoms with Crippen molar-refractivity contribution in [3.8, 4) is 0 Å². The van der Waals surface area contributed by atoms with Gasteiger partial charge in [-0.2, -0.15) is 0 Å². The van der Waals surface area contributed by atoms with Crippen molar-refractivity contribution in [3.63, 3.8) is 0 Å². The fourth-order valence-electron chi connectivity index (χ4n) is 5.08. The molecule has 1 N–H and O–H groups in total. The predicted molar refractivity (Wildman–Crippen MR) is 156 cm³/mol. The first-order valence-electron chi connectivity index (χ1n) is 14.7. The molecule has 1 aliphatic rings. The molecule has 1 saturated heterocycles. The Morgan fingerprint density at radius 3 is 2.31 bits per heavy atom. The van der Waals surface area contributed by atoms with Crippen molar-refractivity contribution in [1.82, 2.24) is 10.2 Å². The van der Waals surface area contributed by atoms with Gasteiger partial charge in [0.25, 0.3) is 0 Å². The molecule has 0 radical (unpaired) electrons. The van der Waals surface area contributed by atoms with E-state index in [-0.39, 0.29) is 24.0 Å². The smallest absolute Gasteiger partial charge is 0.412 e. The lowest BCUT2D eigenvalue weighted by Crippen LogP contribution is -2.52. The molecule has 1 heterocycles. The Morgan fingerprint density at radius 1 is 1.10 bits per heavy atom. The van der Waals surface area contributed by atoms with E-state index in [1.54, 1.807) is 4.90 Å². The van der Waals surface area contributed by atoms with Crippen LogP contribution in [0.3, 0.4) is 0 Å². The van der Waals surface area contributed by atoms with Gasteiger partial charge in [0.1, 0.15) is 11.3 Å². The molecule has 39 heavy (non-hydrogen) atoms. The van der Waals surface area contributed by atoms with Gasteiger partial charge in [-0.05, 0) is 64.9 Å². The Morgan fingerprint density at radius 2 is 1.74 bits per heavy atom. The molecule has 0 aromatic heterocycles. The molecule has 0 aliphatic carbocycles. The molecule has 1 unspecified atom stereocenters. The number of benzene rings is 1. The SMILES string of the molecule is CCCCC(C)(C)C(=O)NC[C@H]1OC(C)(C)N(C(=O)OC(C)(C)C)[C@H]1CC(COCc1ccccc1)C(C)C. The summed E-state index contributed by atoms with van der Waals surface area (Å²) < 4.78 is 18.5. The van der Waals surface area contributed by atoms with E-state index in [0.29, 0.717) is 32.1 Å². The second-order valence-corrected chi connectivity index (χ2v) is 13.5. The summed E-state index contributed by atoms with van der Waals surface area (Å²) in [5.74, 6) is 0.520. The molecule has 0 spiro atoms. The van der Waals surface area contributed by atoms with Crippen LogP contribution in [-0.2, 0) is 25.6 Å². The molecule has 1 aromatic rings. The molecule has 1 aromatic carbocycles. The maximum atomic E-state index is 13.5. The van der Waals surface area contributed by atoms with Crippen LogP contribution in [0.4, 0.5) is 4.79 Å². The number of nitrogens with one attached hydrogen (secondary N) is 1. The van der Waals surface area contributed by atoms with Gasteiger partial charge in [0, 0.05) is 12.0 Å². The topological polar surface area (TPSA) is 77.1 Å². The number of carbonyl (C=O) groups is 2. The molecular formula is C32H54N2O5. The van der Waals surface area contributed by atoms with E-state index in [0.717, 1.165) is 24.8 Å². The van der Waals surface area contributed by atoms with E-state index in [2.05, 4.69) is 38.2 Å². The van der Waals surface area contributed by atoms with Gasteiger partial charge in [-0.25, -0.2) is 4.79 Å². The van der Waals surface area contributed by atoms with E-state index in [1.807, 2.05) is 66.7 Å². The standard InChI is InChI=1S/C32H54N2O5/c1-11-12-18-31(7,8)28(35)33-20-27-26(34(32(9,10)38-27)29(36)39-30(4,5)6)19-25(23(2)3)22-37-21-24-16-14-13-15-17-24/h13-17,23,25-27H,11-12,18-22H2,1-10H3,(H,33,35)/t25?,26-,27+/m0/s1. The molecule has 2 rings (SSSR count). The van der Waals surface area contributed by atoms with Gasteiger partial charge < -0.3 is 19.5 Å². The quantitative estimate of drug-likeness (QED) is 0.290. The minimum Gasteiger partial charge on any atom is -0.444 e. The van der Waals surface area contributed by atoms with Crippen molar-refractivity contribution in [2.45, 2.75) is 125 Å². The molecule has 1 fully saturated rings. The van der Waals surface area contributed by atoms with E-state index in [4.69, 9.17) is 14.2 Å². The van der Waals surface area contributed by atoms with Gasteiger partial charge in [0.05, 0.1) is 25.4 Å². The van der Waals surface area contributed by atoms with Crippen LogP contribution in [0.25, 0.3) is 0 Å². The summed E-state index contributed by atoms with van der Waals surface area (Å²) in [7, 11) is 0. The maximum Gasteiger partial charge on any atom is 0.412 e. The third-order valence-corrected chi connectivity index (χ3v) is 7.54. The highest BCUT2D eigenvalue weighted by Crippen LogP contribution is 2.38. The van der Waals surface area contributed by atoms with Gasteiger partial charge in [0.2, 0.25) is 5.91 Å². The molecular weight excluding hydrogens is 492 g/mol. The van der Waals surface area contributed by atoms with Crippen molar-refractivity contribution in [2.75, 3.05) is 13.2 Å². The van der Waals surface area contributed by atoms with Crippen LogP contribution in [-0.4, -0.2) is 53.5 Å². The maximum absolute atomic E-state index is 13.5. The Bertz CT molecular complexity index is 907. The second kappa shape index (κ2) is 14.0.